The largest absolute Gasteiger partial charge is 0.465 e. The van der Waals surface area contributed by atoms with Gasteiger partial charge in [-0.3, -0.25) is 0 Å². The Labute approximate surface area is 170 Å². The van der Waals surface area contributed by atoms with Crippen molar-refractivity contribution in [3.8, 4) is 5.75 Å². The molecule has 0 unspecified atom stereocenters. The molecule has 3 rings (SSSR count). The van der Waals surface area contributed by atoms with Crippen LogP contribution in [0.2, 0.25) is 0 Å². The van der Waals surface area contributed by atoms with Crippen LogP contribution in [-0.4, -0.2) is 44.9 Å². The SMILES string of the molecule is COC(=O)c1ccc(OC(=O)c2ccc(C)c(S(=O)(=O)N3CCCCC3)c2)cc1. The first-order valence-electron chi connectivity index (χ1n) is 9.34. The lowest BCUT2D eigenvalue weighted by Gasteiger charge is -2.26. The number of methoxy groups -OCH3 is 1. The third-order valence-electron chi connectivity index (χ3n) is 4.84. The highest BCUT2D eigenvalue weighted by atomic mass is 32.2. The van der Waals surface area contributed by atoms with Crippen molar-refractivity contribution >= 4 is 22.0 Å². The second-order valence-corrected chi connectivity index (χ2v) is 8.76. The van der Waals surface area contributed by atoms with E-state index in [0.29, 0.717) is 24.2 Å². The minimum absolute atomic E-state index is 0.120. The van der Waals surface area contributed by atoms with Gasteiger partial charge in [0.2, 0.25) is 10.0 Å². The summed E-state index contributed by atoms with van der Waals surface area (Å²) < 4.78 is 37.4. The van der Waals surface area contributed by atoms with E-state index in [0.717, 1.165) is 19.3 Å². The summed E-state index contributed by atoms with van der Waals surface area (Å²) in [4.78, 5) is 24.1. The van der Waals surface area contributed by atoms with Crippen LogP contribution in [0.25, 0.3) is 0 Å². The van der Waals surface area contributed by atoms with Crippen molar-refractivity contribution in [2.24, 2.45) is 0 Å². The van der Waals surface area contributed by atoms with Gasteiger partial charge in [0.1, 0.15) is 5.75 Å². The summed E-state index contributed by atoms with van der Waals surface area (Å²) in [7, 11) is -2.38. The predicted octanol–water partition coefficient (Wildman–Crippen LogP) is 3.18. The molecule has 0 aromatic heterocycles. The number of rotatable bonds is 5. The van der Waals surface area contributed by atoms with Crippen LogP contribution in [0, 0.1) is 6.92 Å². The van der Waals surface area contributed by atoms with Gasteiger partial charge in [-0.25, -0.2) is 18.0 Å². The number of esters is 2. The molecule has 1 saturated heterocycles. The maximum Gasteiger partial charge on any atom is 0.343 e. The van der Waals surface area contributed by atoms with E-state index in [9.17, 15) is 18.0 Å². The van der Waals surface area contributed by atoms with Gasteiger partial charge in [-0.1, -0.05) is 12.5 Å². The first-order valence-corrected chi connectivity index (χ1v) is 10.8. The number of nitrogens with zero attached hydrogens (tertiary/aromatic N) is 1. The Bertz CT molecular complexity index is 1010. The smallest absolute Gasteiger partial charge is 0.343 e. The highest BCUT2D eigenvalue weighted by Gasteiger charge is 2.28. The standard InChI is InChI=1S/C21H23NO6S/c1-15-6-7-17(14-19(15)29(25,26)22-12-4-3-5-13-22)21(24)28-18-10-8-16(9-11-18)20(23)27-2/h6-11,14H,3-5,12-13H2,1-2H3. The zero-order valence-corrected chi connectivity index (χ0v) is 17.2. The Balaban J connectivity index is 1.81. The summed E-state index contributed by atoms with van der Waals surface area (Å²) in [5.41, 5.74) is 1.05. The average molecular weight is 417 g/mol. The van der Waals surface area contributed by atoms with Gasteiger partial charge in [0.05, 0.1) is 23.1 Å². The number of benzene rings is 2. The zero-order chi connectivity index (χ0) is 21.0. The van der Waals surface area contributed by atoms with Crippen LogP contribution in [0.3, 0.4) is 0 Å². The molecular formula is C21H23NO6S. The number of aryl methyl sites for hydroxylation is 1. The van der Waals surface area contributed by atoms with Crippen molar-refractivity contribution < 1.29 is 27.5 Å². The molecule has 0 N–H and O–H groups in total. The van der Waals surface area contributed by atoms with Crippen LogP contribution in [0.15, 0.2) is 47.4 Å². The molecule has 1 fully saturated rings. The molecule has 1 aliphatic heterocycles. The number of ether oxygens (including phenoxy) is 2. The molecule has 0 amide bonds. The number of hydrogen-bond donors (Lipinski definition) is 0. The topological polar surface area (TPSA) is 90.0 Å². The number of carbonyl (C=O) groups is 2. The highest BCUT2D eigenvalue weighted by molar-refractivity contribution is 7.89. The van der Waals surface area contributed by atoms with E-state index in [2.05, 4.69) is 4.74 Å². The minimum Gasteiger partial charge on any atom is -0.465 e. The minimum atomic E-state index is -3.67. The number of carbonyl (C=O) groups excluding carboxylic acids is 2. The van der Waals surface area contributed by atoms with Gasteiger partial charge in [0.15, 0.2) is 0 Å². The molecule has 1 aliphatic rings. The summed E-state index contributed by atoms with van der Waals surface area (Å²) >= 11 is 0. The Morgan fingerprint density at radius 3 is 2.14 bits per heavy atom. The Hall–Kier alpha value is -2.71. The van der Waals surface area contributed by atoms with Crippen LogP contribution in [0.4, 0.5) is 0 Å². The zero-order valence-electron chi connectivity index (χ0n) is 16.4. The van der Waals surface area contributed by atoms with E-state index in [4.69, 9.17) is 4.74 Å². The molecule has 0 radical (unpaired) electrons. The van der Waals surface area contributed by atoms with E-state index in [-0.39, 0.29) is 16.2 Å². The van der Waals surface area contributed by atoms with Crippen LogP contribution in [-0.2, 0) is 14.8 Å². The average Bonchev–Trinajstić information content (AvgIpc) is 2.74. The van der Waals surface area contributed by atoms with Crippen molar-refractivity contribution in [2.75, 3.05) is 20.2 Å². The van der Waals surface area contributed by atoms with Crippen molar-refractivity contribution in [3.05, 3.63) is 59.2 Å². The third-order valence-corrected chi connectivity index (χ3v) is 6.88. The molecule has 154 valence electrons. The quantitative estimate of drug-likeness (QED) is 0.548. The fourth-order valence-electron chi connectivity index (χ4n) is 3.19. The van der Waals surface area contributed by atoms with E-state index in [1.54, 1.807) is 13.0 Å². The molecule has 29 heavy (non-hydrogen) atoms. The fourth-order valence-corrected chi connectivity index (χ4v) is 4.96. The Kier molecular flexibility index (Phi) is 6.34. The molecular weight excluding hydrogens is 394 g/mol. The number of piperidine rings is 1. The maximum atomic E-state index is 13.0. The lowest BCUT2D eigenvalue weighted by atomic mass is 10.1. The second kappa shape index (κ2) is 8.75. The normalized spacial score (nSPS) is 15.0. The molecule has 1 heterocycles. The molecule has 8 heteroatoms. The maximum absolute atomic E-state index is 13.0. The van der Waals surface area contributed by atoms with Crippen molar-refractivity contribution in [1.29, 1.82) is 0 Å². The summed E-state index contributed by atoms with van der Waals surface area (Å²) in [5.74, 6) is -0.927. The second-order valence-electron chi connectivity index (χ2n) is 6.85. The van der Waals surface area contributed by atoms with Crippen LogP contribution in [0.5, 0.6) is 5.75 Å². The van der Waals surface area contributed by atoms with E-state index < -0.39 is 22.0 Å². The van der Waals surface area contributed by atoms with Crippen molar-refractivity contribution in [2.45, 2.75) is 31.1 Å². The summed E-state index contributed by atoms with van der Waals surface area (Å²) in [6, 6.07) is 10.4. The van der Waals surface area contributed by atoms with Gasteiger partial charge in [0.25, 0.3) is 0 Å². The van der Waals surface area contributed by atoms with Gasteiger partial charge in [-0.15, -0.1) is 0 Å². The molecule has 0 aliphatic carbocycles. The summed E-state index contributed by atoms with van der Waals surface area (Å²) in [6.07, 6.45) is 2.69. The summed E-state index contributed by atoms with van der Waals surface area (Å²) in [5, 5.41) is 0. The molecule has 0 bridgehead atoms. The Morgan fingerprint density at radius 2 is 1.52 bits per heavy atom. The predicted molar refractivity (Wildman–Crippen MR) is 107 cm³/mol. The lowest BCUT2D eigenvalue weighted by molar-refractivity contribution is 0.0600. The highest BCUT2D eigenvalue weighted by Crippen LogP contribution is 2.25. The van der Waals surface area contributed by atoms with E-state index in [1.165, 1.54) is 47.8 Å². The third kappa shape index (κ3) is 4.65. The molecule has 7 nitrogen and oxygen atoms in total. The van der Waals surface area contributed by atoms with Gasteiger partial charge in [-0.2, -0.15) is 4.31 Å². The van der Waals surface area contributed by atoms with Gasteiger partial charge >= 0.3 is 11.9 Å². The summed E-state index contributed by atoms with van der Waals surface area (Å²) in [6.45, 7) is 2.68. The number of sulfonamides is 1. The molecule has 0 atom stereocenters. The van der Waals surface area contributed by atoms with Crippen LogP contribution >= 0.6 is 0 Å². The fraction of sp³-hybridized carbons (Fsp3) is 0.333. The Morgan fingerprint density at radius 1 is 0.897 bits per heavy atom. The monoisotopic (exact) mass is 417 g/mol. The first-order chi connectivity index (χ1) is 13.8. The first kappa shape index (κ1) is 21.0. The van der Waals surface area contributed by atoms with Crippen LogP contribution in [0.1, 0.15) is 45.5 Å². The van der Waals surface area contributed by atoms with Crippen molar-refractivity contribution in [1.82, 2.24) is 4.31 Å². The number of hydrogen-bond acceptors (Lipinski definition) is 6. The van der Waals surface area contributed by atoms with E-state index in [1.807, 2.05) is 0 Å². The molecule has 0 saturated carbocycles. The lowest BCUT2D eigenvalue weighted by Crippen LogP contribution is -2.36. The van der Waals surface area contributed by atoms with Gasteiger partial charge < -0.3 is 9.47 Å². The molecule has 2 aromatic carbocycles. The molecule has 0 spiro atoms. The van der Waals surface area contributed by atoms with Crippen molar-refractivity contribution in [3.63, 3.8) is 0 Å². The van der Waals surface area contributed by atoms with Gasteiger partial charge in [-0.05, 0) is 61.7 Å². The van der Waals surface area contributed by atoms with E-state index >= 15 is 0 Å². The van der Waals surface area contributed by atoms with Gasteiger partial charge in [0, 0.05) is 13.1 Å². The van der Waals surface area contributed by atoms with Crippen LogP contribution < -0.4 is 4.74 Å². The molecule has 2 aromatic rings.